The summed E-state index contributed by atoms with van der Waals surface area (Å²) in [5.41, 5.74) is 10.4. The van der Waals surface area contributed by atoms with Gasteiger partial charge in [-0.25, -0.2) is 15.0 Å². The molecule has 0 saturated carbocycles. The largest absolute Gasteiger partial charge is 0.208 e. The van der Waals surface area contributed by atoms with E-state index >= 15 is 0 Å². The van der Waals surface area contributed by atoms with Gasteiger partial charge in [-0.3, -0.25) is 0 Å². The first-order chi connectivity index (χ1) is 14.4. The number of nitrogens with zero attached hydrogens (tertiary/aromatic N) is 3. The number of benzene rings is 3. The molecule has 0 amide bonds. The lowest BCUT2D eigenvalue weighted by Crippen LogP contribution is -2.03. The Morgan fingerprint density at radius 2 is 0.667 bits per heavy atom. The highest BCUT2D eigenvalue weighted by molar-refractivity contribution is 5.71. The molecule has 0 aliphatic heterocycles. The van der Waals surface area contributed by atoms with Crippen molar-refractivity contribution >= 4 is 0 Å². The van der Waals surface area contributed by atoms with Crippen molar-refractivity contribution in [2.45, 2.75) is 41.5 Å². The van der Waals surface area contributed by atoms with Gasteiger partial charge in [0.25, 0.3) is 0 Å². The summed E-state index contributed by atoms with van der Waals surface area (Å²) in [5, 5.41) is 0. The van der Waals surface area contributed by atoms with Gasteiger partial charge in [-0.05, 0) is 74.9 Å². The highest BCUT2D eigenvalue weighted by Gasteiger charge is 2.17. The van der Waals surface area contributed by atoms with Gasteiger partial charge in [0.15, 0.2) is 17.5 Å². The van der Waals surface area contributed by atoms with Gasteiger partial charge in [0.05, 0.1) is 0 Å². The van der Waals surface area contributed by atoms with E-state index in [2.05, 4.69) is 96.1 Å². The Balaban J connectivity index is 2.03. The molecular formula is C27H27N3. The van der Waals surface area contributed by atoms with Gasteiger partial charge in [-0.1, -0.05) is 54.6 Å². The van der Waals surface area contributed by atoms with E-state index in [1.54, 1.807) is 0 Å². The fourth-order valence-electron chi connectivity index (χ4n) is 3.72. The summed E-state index contributed by atoms with van der Waals surface area (Å²) in [4.78, 5) is 14.8. The maximum atomic E-state index is 4.93. The number of aryl methyl sites for hydroxylation is 3. The predicted octanol–water partition coefficient (Wildman–Crippen LogP) is 6.72. The topological polar surface area (TPSA) is 38.7 Å². The lowest BCUT2D eigenvalue weighted by Gasteiger charge is -2.14. The number of hydrogen-bond acceptors (Lipinski definition) is 3. The zero-order valence-electron chi connectivity index (χ0n) is 18.5. The molecule has 0 atom stereocenters. The van der Waals surface area contributed by atoms with Crippen LogP contribution >= 0.6 is 0 Å². The Bertz CT molecular complexity index is 1090. The van der Waals surface area contributed by atoms with Crippen molar-refractivity contribution in [1.82, 2.24) is 15.0 Å². The number of aromatic nitrogens is 3. The van der Waals surface area contributed by atoms with Crippen LogP contribution in [0.15, 0.2) is 54.6 Å². The summed E-state index contributed by atoms with van der Waals surface area (Å²) in [5.74, 6) is 2.16. The molecule has 0 saturated heterocycles. The molecule has 0 fully saturated rings. The van der Waals surface area contributed by atoms with E-state index in [0.717, 1.165) is 34.2 Å². The summed E-state index contributed by atoms with van der Waals surface area (Å²) in [6.45, 7) is 12.8. The number of hydrogen-bond donors (Lipinski definition) is 0. The third-order valence-electron chi connectivity index (χ3n) is 6.17. The second-order valence-electron chi connectivity index (χ2n) is 8.05. The van der Waals surface area contributed by atoms with Crippen molar-refractivity contribution in [3.8, 4) is 34.2 Å². The Morgan fingerprint density at radius 3 is 0.933 bits per heavy atom. The van der Waals surface area contributed by atoms with Gasteiger partial charge >= 0.3 is 0 Å². The van der Waals surface area contributed by atoms with E-state index in [4.69, 9.17) is 15.0 Å². The summed E-state index contributed by atoms with van der Waals surface area (Å²) in [7, 11) is 0. The lowest BCUT2D eigenvalue weighted by atomic mass is 10.0. The highest BCUT2D eigenvalue weighted by Crippen LogP contribution is 2.30. The first-order valence-electron chi connectivity index (χ1n) is 10.3. The van der Waals surface area contributed by atoms with Crippen LogP contribution in [0, 0.1) is 41.5 Å². The summed E-state index contributed by atoms with van der Waals surface area (Å²) >= 11 is 0. The second-order valence-corrected chi connectivity index (χ2v) is 8.05. The fourth-order valence-corrected chi connectivity index (χ4v) is 3.72. The smallest absolute Gasteiger partial charge is 0.164 e. The Hall–Kier alpha value is -3.33. The minimum Gasteiger partial charge on any atom is -0.208 e. The third kappa shape index (κ3) is 3.52. The molecule has 3 heteroatoms. The van der Waals surface area contributed by atoms with E-state index in [-0.39, 0.29) is 0 Å². The van der Waals surface area contributed by atoms with Gasteiger partial charge in [-0.2, -0.15) is 0 Å². The third-order valence-corrected chi connectivity index (χ3v) is 6.17. The Kier molecular flexibility index (Phi) is 5.21. The van der Waals surface area contributed by atoms with Crippen molar-refractivity contribution in [3.63, 3.8) is 0 Å². The van der Waals surface area contributed by atoms with Crippen LogP contribution in [0.1, 0.15) is 33.4 Å². The lowest BCUT2D eigenvalue weighted by molar-refractivity contribution is 1.06. The SMILES string of the molecule is Cc1cccc(-c2nc(-c3cccc(C)c3C)nc(-c3cccc(C)c3C)n2)c1C. The highest BCUT2D eigenvalue weighted by atomic mass is 15.0. The zero-order chi connectivity index (χ0) is 21.4. The van der Waals surface area contributed by atoms with Gasteiger partial charge in [0.2, 0.25) is 0 Å². The van der Waals surface area contributed by atoms with Crippen molar-refractivity contribution in [2.24, 2.45) is 0 Å². The summed E-state index contributed by atoms with van der Waals surface area (Å²) in [6.07, 6.45) is 0. The maximum absolute atomic E-state index is 4.93. The van der Waals surface area contributed by atoms with Gasteiger partial charge in [-0.15, -0.1) is 0 Å². The molecule has 0 radical (unpaired) electrons. The fraction of sp³-hybridized carbons (Fsp3) is 0.222. The molecule has 3 aromatic carbocycles. The van der Waals surface area contributed by atoms with E-state index in [1.165, 1.54) is 33.4 Å². The molecule has 0 unspecified atom stereocenters. The van der Waals surface area contributed by atoms with Crippen LogP contribution in [-0.2, 0) is 0 Å². The molecule has 0 N–H and O–H groups in total. The normalized spacial score (nSPS) is 11.0. The first-order valence-corrected chi connectivity index (χ1v) is 10.3. The number of rotatable bonds is 3. The Labute approximate surface area is 178 Å². The average molecular weight is 394 g/mol. The van der Waals surface area contributed by atoms with Crippen LogP contribution in [0.3, 0.4) is 0 Å². The molecule has 0 aliphatic rings. The standard InChI is InChI=1S/C27H27N3/c1-16-10-7-13-22(19(16)4)25-28-26(23-14-8-11-17(2)20(23)5)30-27(29-25)24-15-9-12-18(3)21(24)6/h7-15H,1-6H3. The summed E-state index contributed by atoms with van der Waals surface area (Å²) in [6, 6.07) is 18.8. The zero-order valence-corrected chi connectivity index (χ0v) is 18.5. The van der Waals surface area contributed by atoms with Crippen LogP contribution in [0.4, 0.5) is 0 Å². The van der Waals surface area contributed by atoms with Crippen LogP contribution < -0.4 is 0 Å². The van der Waals surface area contributed by atoms with E-state index < -0.39 is 0 Å². The molecule has 150 valence electrons. The molecule has 1 aromatic heterocycles. The predicted molar refractivity (Wildman–Crippen MR) is 125 cm³/mol. The van der Waals surface area contributed by atoms with Crippen LogP contribution in [0.25, 0.3) is 34.2 Å². The molecule has 0 bridgehead atoms. The van der Waals surface area contributed by atoms with Crippen molar-refractivity contribution in [3.05, 3.63) is 88.0 Å². The molecule has 30 heavy (non-hydrogen) atoms. The van der Waals surface area contributed by atoms with E-state index in [1.807, 2.05) is 0 Å². The molecule has 1 heterocycles. The van der Waals surface area contributed by atoms with Gasteiger partial charge in [0.1, 0.15) is 0 Å². The second kappa shape index (κ2) is 7.83. The maximum Gasteiger partial charge on any atom is 0.164 e. The minimum atomic E-state index is 0.720. The molecule has 0 aliphatic carbocycles. The molecule has 4 rings (SSSR count). The Morgan fingerprint density at radius 1 is 0.400 bits per heavy atom. The average Bonchev–Trinajstić information content (AvgIpc) is 2.73. The van der Waals surface area contributed by atoms with Crippen molar-refractivity contribution in [1.29, 1.82) is 0 Å². The van der Waals surface area contributed by atoms with Gasteiger partial charge < -0.3 is 0 Å². The minimum absolute atomic E-state index is 0.720. The van der Waals surface area contributed by atoms with E-state index in [0.29, 0.717) is 0 Å². The summed E-state index contributed by atoms with van der Waals surface area (Å²) < 4.78 is 0. The van der Waals surface area contributed by atoms with Crippen LogP contribution in [0.5, 0.6) is 0 Å². The monoisotopic (exact) mass is 393 g/mol. The van der Waals surface area contributed by atoms with Crippen molar-refractivity contribution < 1.29 is 0 Å². The first kappa shape index (κ1) is 20.0. The molecule has 3 nitrogen and oxygen atoms in total. The van der Waals surface area contributed by atoms with E-state index in [9.17, 15) is 0 Å². The molecular weight excluding hydrogens is 366 g/mol. The molecule has 0 spiro atoms. The van der Waals surface area contributed by atoms with Gasteiger partial charge in [0, 0.05) is 16.7 Å². The quantitative estimate of drug-likeness (QED) is 0.388. The van der Waals surface area contributed by atoms with Crippen molar-refractivity contribution in [2.75, 3.05) is 0 Å². The molecule has 4 aromatic rings. The van der Waals surface area contributed by atoms with Crippen LogP contribution in [0.2, 0.25) is 0 Å². The van der Waals surface area contributed by atoms with Crippen LogP contribution in [-0.4, -0.2) is 15.0 Å².